The van der Waals surface area contributed by atoms with Crippen LogP contribution in [0.2, 0.25) is 0 Å². The van der Waals surface area contributed by atoms with Crippen molar-refractivity contribution in [3.05, 3.63) is 0 Å². The van der Waals surface area contributed by atoms with Crippen LogP contribution < -0.4 is 0 Å². The fraction of sp³-hybridized carbons (Fsp3) is 0.947. The largest absolute Gasteiger partial charge is 0.300 e. The molecule has 0 fully saturated rings. The normalized spacial score (nSPS) is 15.8. The molecule has 0 aromatic carbocycles. The predicted octanol–water partition coefficient (Wildman–Crippen LogP) is 6.50. The highest BCUT2D eigenvalue weighted by molar-refractivity contribution is 8.00. The molecule has 1 unspecified atom stereocenters. The molecule has 0 aromatic rings. The topological polar surface area (TPSA) is 17.1 Å². The standard InChI is InChI=1S/C19H38OS/c1-9-12-19(8,10-2)15-21-18(6,7)14-16(20)11-13-17(3,4)5/h9-15H2,1-8H3. The number of Topliss-reactive ketones (excluding diaryl/α,β-unsaturated/α-hetero) is 1. The van der Waals surface area contributed by atoms with Crippen LogP contribution in [-0.2, 0) is 4.79 Å². The molecule has 0 saturated heterocycles. The summed E-state index contributed by atoms with van der Waals surface area (Å²) in [5.74, 6) is 1.59. The lowest BCUT2D eigenvalue weighted by molar-refractivity contribution is -0.119. The SMILES string of the molecule is CCCC(C)(CC)CSC(C)(C)CC(=O)CCC(C)(C)C. The molecule has 1 nitrogen and oxygen atoms in total. The number of ketones is 1. The van der Waals surface area contributed by atoms with Crippen LogP contribution in [0.4, 0.5) is 0 Å². The highest BCUT2D eigenvalue weighted by atomic mass is 32.2. The molecule has 21 heavy (non-hydrogen) atoms. The number of hydrogen-bond donors (Lipinski definition) is 0. The van der Waals surface area contributed by atoms with Crippen molar-refractivity contribution in [3.63, 3.8) is 0 Å². The van der Waals surface area contributed by atoms with Gasteiger partial charge in [-0.2, -0.15) is 11.8 Å². The fourth-order valence-corrected chi connectivity index (χ4v) is 3.80. The molecule has 0 aromatic heterocycles. The Hall–Kier alpha value is 0.0200. The zero-order chi connectivity index (χ0) is 16.7. The minimum Gasteiger partial charge on any atom is -0.300 e. The third-order valence-electron chi connectivity index (χ3n) is 4.30. The van der Waals surface area contributed by atoms with Gasteiger partial charge in [-0.25, -0.2) is 0 Å². The lowest BCUT2D eigenvalue weighted by Crippen LogP contribution is -2.26. The van der Waals surface area contributed by atoms with Crippen molar-refractivity contribution in [1.82, 2.24) is 0 Å². The molecule has 0 bridgehead atoms. The predicted molar refractivity (Wildman–Crippen MR) is 98.2 cm³/mol. The van der Waals surface area contributed by atoms with Crippen molar-refractivity contribution >= 4 is 17.5 Å². The Morgan fingerprint density at radius 2 is 1.52 bits per heavy atom. The Labute approximate surface area is 138 Å². The summed E-state index contributed by atoms with van der Waals surface area (Å²) in [6, 6.07) is 0. The maximum absolute atomic E-state index is 12.2. The van der Waals surface area contributed by atoms with Crippen LogP contribution in [0.25, 0.3) is 0 Å². The van der Waals surface area contributed by atoms with Gasteiger partial charge in [0.25, 0.3) is 0 Å². The van der Waals surface area contributed by atoms with E-state index in [0.29, 0.717) is 17.6 Å². The van der Waals surface area contributed by atoms with Gasteiger partial charge in [0.2, 0.25) is 0 Å². The van der Waals surface area contributed by atoms with E-state index in [1.54, 1.807) is 0 Å². The summed E-state index contributed by atoms with van der Waals surface area (Å²) in [7, 11) is 0. The molecule has 0 aliphatic rings. The maximum atomic E-state index is 12.2. The molecule has 0 rings (SSSR count). The molecule has 0 heterocycles. The van der Waals surface area contributed by atoms with Crippen LogP contribution in [0, 0.1) is 10.8 Å². The van der Waals surface area contributed by atoms with Gasteiger partial charge in [-0.1, -0.05) is 61.8 Å². The smallest absolute Gasteiger partial charge is 0.134 e. The van der Waals surface area contributed by atoms with Crippen LogP contribution in [0.1, 0.15) is 93.9 Å². The summed E-state index contributed by atoms with van der Waals surface area (Å²) in [4.78, 5) is 12.2. The van der Waals surface area contributed by atoms with Gasteiger partial charge in [-0.3, -0.25) is 4.79 Å². The molecule has 126 valence electrons. The first-order chi connectivity index (χ1) is 9.43. The van der Waals surface area contributed by atoms with Crippen molar-refractivity contribution < 1.29 is 4.79 Å². The summed E-state index contributed by atoms with van der Waals surface area (Å²) in [6.45, 7) is 18.0. The number of carbonyl (C=O) groups excluding carboxylic acids is 1. The van der Waals surface area contributed by atoms with Crippen molar-refractivity contribution in [1.29, 1.82) is 0 Å². The van der Waals surface area contributed by atoms with E-state index in [-0.39, 0.29) is 10.2 Å². The zero-order valence-electron chi connectivity index (χ0n) is 15.8. The van der Waals surface area contributed by atoms with E-state index in [9.17, 15) is 4.79 Å². The molecule has 0 saturated carbocycles. The lowest BCUT2D eigenvalue weighted by Gasteiger charge is -2.32. The van der Waals surface area contributed by atoms with Gasteiger partial charge in [0.1, 0.15) is 5.78 Å². The molecule has 1 atom stereocenters. The molecule has 0 N–H and O–H groups in total. The van der Waals surface area contributed by atoms with E-state index in [4.69, 9.17) is 0 Å². The number of carbonyl (C=O) groups is 1. The second-order valence-corrected chi connectivity index (χ2v) is 10.4. The molecule has 0 radical (unpaired) electrons. The summed E-state index contributed by atoms with van der Waals surface area (Å²) in [5.41, 5.74) is 0.681. The number of thioether (sulfide) groups is 1. The molecule has 0 spiro atoms. The van der Waals surface area contributed by atoms with E-state index >= 15 is 0 Å². The monoisotopic (exact) mass is 314 g/mol. The van der Waals surface area contributed by atoms with Gasteiger partial charge in [-0.15, -0.1) is 0 Å². The maximum Gasteiger partial charge on any atom is 0.134 e. The van der Waals surface area contributed by atoms with Gasteiger partial charge in [0, 0.05) is 17.6 Å². The lowest BCUT2D eigenvalue weighted by atomic mass is 9.85. The van der Waals surface area contributed by atoms with Gasteiger partial charge in [0.05, 0.1) is 0 Å². The van der Waals surface area contributed by atoms with Crippen LogP contribution >= 0.6 is 11.8 Å². The second kappa shape index (κ2) is 8.60. The van der Waals surface area contributed by atoms with Crippen molar-refractivity contribution in [2.75, 3.05) is 5.75 Å². The van der Waals surface area contributed by atoms with E-state index in [1.807, 2.05) is 11.8 Å². The quantitative estimate of drug-likeness (QED) is 0.458. The summed E-state index contributed by atoms with van der Waals surface area (Å²) in [6.07, 6.45) is 6.19. The zero-order valence-corrected chi connectivity index (χ0v) is 16.6. The molecular weight excluding hydrogens is 276 g/mol. The molecule has 0 aliphatic carbocycles. The van der Waals surface area contributed by atoms with Gasteiger partial charge < -0.3 is 0 Å². The first kappa shape index (κ1) is 21.0. The fourth-order valence-electron chi connectivity index (χ4n) is 2.45. The van der Waals surface area contributed by atoms with Crippen molar-refractivity contribution in [2.45, 2.75) is 98.7 Å². The minimum absolute atomic E-state index is 0.0686. The summed E-state index contributed by atoms with van der Waals surface area (Å²) in [5, 5.41) is 0. The van der Waals surface area contributed by atoms with E-state index < -0.39 is 0 Å². The van der Waals surface area contributed by atoms with Crippen LogP contribution in [0.15, 0.2) is 0 Å². The van der Waals surface area contributed by atoms with Crippen molar-refractivity contribution in [3.8, 4) is 0 Å². The number of rotatable bonds is 10. The minimum atomic E-state index is 0.0686. The van der Waals surface area contributed by atoms with Gasteiger partial charge >= 0.3 is 0 Å². The first-order valence-corrected chi connectivity index (χ1v) is 9.57. The van der Waals surface area contributed by atoms with E-state index in [1.165, 1.54) is 19.3 Å². The molecule has 0 aliphatic heterocycles. The Morgan fingerprint density at radius 3 is 1.95 bits per heavy atom. The van der Waals surface area contributed by atoms with E-state index in [2.05, 4.69) is 55.4 Å². The summed E-state index contributed by atoms with van der Waals surface area (Å²) < 4.78 is 0.0686. The van der Waals surface area contributed by atoms with Crippen molar-refractivity contribution in [2.24, 2.45) is 10.8 Å². The third-order valence-corrected chi connectivity index (χ3v) is 6.06. The van der Waals surface area contributed by atoms with E-state index in [0.717, 1.165) is 18.6 Å². The molecule has 0 amide bonds. The Bertz CT molecular complexity index is 314. The average Bonchev–Trinajstić information content (AvgIpc) is 2.33. The highest BCUT2D eigenvalue weighted by Crippen LogP contribution is 2.38. The molecule has 2 heteroatoms. The number of hydrogen-bond acceptors (Lipinski definition) is 2. The third kappa shape index (κ3) is 10.4. The average molecular weight is 315 g/mol. The first-order valence-electron chi connectivity index (χ1n) is 8.59. The van der Waals surface area contributed by atoms with Gasteiger partial charge in [0.15, 0.2) is 0 Å². The second-order valence-electron chi connectivity index (χ2n) is 8.74. The van der Waals surface area contributed by atoms with Crippen LogP contribution in [-0.4, -0.2) is 16.3 Å². The Kier molecular flexibility index (Phi) is 8.61. The van der Waals surface area contributed by atoms with Gasteiger partial charge in [-0.05, 0) is 35.8 Å². The Balaban J connectivity index is 4.33. The van der Waals surface area contributed by atoms with Crippen LogP contribution in [0.5, 0.6) is 0 Å². The highest BCUT2D eigenvalue weighted by Gasteiger charge is 2.28. The summed E-state index contributed by atoms with van der Waals surface area (Å²) >= 11 is 1.99. The molecular formula is C19H38OS. The Morgan fingerprint density at radius 1 is 0.952 bits per heavy atom. The van der Waals surface area contributed by atoms with Crippen LogP contribution in [0.3, 0.4) is 0 Å².